The van der Waals surface area contributed by atoms with E-state index in [9.17, 15) is 4.79 Å². The van der Waals surface area contributed by atoms with E-state index in [1.54, 1.807) is 0 Å². The summed E-state index contributed by atoms with van der Waals surface area (Å²) in [5.74, 6) is -0.0567. The monoisotopic (exact) mass is 366 g/mol. The largest absolute Gasteiger partial charge is 0.480 e. The summed E-state index contributed by atoms with van der Waals surface area (Å²) in [5.41, 5.74) is 0. The van der Waals surface area contributed by atoms with Gasteiger partial charge in [-0.1, -0.05) is 0 Å². The Hall–Kier alpha value is -0.370. The number of hydrogen-bond donors (Lipinski definition) is 2. The molecule has 0 spiro atoms. The summed E-state index contributed by atoms with van der Waals surface area (Å²) in [4.78, 5) is 13.0. The van der Waals surface area contributed by atoms with E-state index in [2.05, 4.69) is 37.2 Å². The van der Waals surface area contributed by atoms with E-state index in [0.29, 0.717) is 24.3 Å². The molecule has 17 heavy (non-hydrogen) atoms. The molecule has 2 heterocycles. The number of nitrogens with one attached hydrogen (secondary N) is 1. The first kappa shape index (κ1) is 13.1. The molecule has 0 saturated carbocycles. The maximum absolute atomic E-state index is 11.1. The minimum absolute atomic E-state index is 0.471. The van der Waals surface area contributed by atoms with Crippen molar-refractivity contribution < 1.29 is 14.3 Å². The molecule has 0 radical (unpaired) electrons. The highest BCUT2D eigenvalue weighted by Crippen LogP contribution is 2.27. The molecule has 94 valence electrons. The third kappa shape index (κ3) is 3.09. The second-order valence-corrected chi connectivity index (χ2v) is 5.44. The number of piperazine rings is 1. The molecule has 0 bridgehead atoms. The molecule has 0 aromatic carbocycles. The third-order valence-electron chi connectivity index (χ3n) is 2.69. The van der Waals surface area contributed by atoms with Gasteiger partial charge in [-0.05, 0) is 37.9 Å². The van der Waals surface area contributed by atoms with Crippen LogP contribution in [0.3, 0.4) is 0 Å². The fraction of sp³-hybridized carbons (Fsp3) is 0.500. The van der Waals surface area contributed by atoms with Crippen LogP contribution in [0.1, 0.15) is 5.76 Å². The van der Waals surface area contributed by atoms with E-state index in [-0.39, 0.29) is 0 Å². The Kier molecular flexibility index (Phi) is 4.24. The van der Waals surface area contributed by atoms with Crippen LogP contribution in [-0.4, -0.2) is 41.7 Å². The standard InChI is InChI=1S/C10H12Br2N2O3/c11-7-3-6(17-9(7)12)5-14-2-1-13-4-8(14)10(15)16/h3,8,13H,1-2,4-5H2,(H,15,16). The maximum atomic E-state index is 11.1. The number of carboxylic acids is 1. The van der Waals surface area contributed by atoms with E-state index < -0.39 is 12.0 Å². The van der Waals surface area contributed by atoms with Gasteiger partial charge in [0.15, 0.2) is 4.67 Å². The Morgan fingerprint density at radius 2 is 2.41 bits per heavy atom. The van der Waals surface area contributed by atoms with E-state index in [1.807, 2.05) is 11.0 Å². The predicted molar refractivity (Wildman–Crippen MR) is 68.8 cm³/mol. The minimum atomic E-state index is -0.804. The van der Waals surface area contributed by atoms with Crippen LogP contribution in [0.2, 0.25) is 0 Å². The molecule has 7 heteroatoms. The number of rotatable bonds is 3. The Labute approximate surface area is 115 Å². The highest BCUT2D eigenvalue weighted by Gasteiger charge is 2.29. The fourth-order valence-corrected chi connectivity index (χ4v) is 2.51. The molecule has 0 amide bonds. The van der Waals surface area contributed by atoms with Crippen molar-refractivity contribution in [3.8, 4) is 0 Å². The lowest BCUT2D eigenvalue weighted by Gasteiger charge is -2.32. The second kappa shape index (κ2) is 5.51. The number of carboxylic acid groups (broad SMARTS) is 1. The first-order chi connectivity index (χ1) is 8.08. The van der Waals surface area contributed by atoms with Crippen molar-refractivity contribution in [2.45, 2.75) is 12.6 Å². The molecule has 2 rings (SSSR count). The van der Waals surface area contributed by atoms with Gasteiger partial charge in [-0.3, -0.25) is 9.69 Å². The number of aliphatic carboxylic acids is 1. The molecular weight excluding hydrogens is 356 g/mol. The van der Waals surface area contributed by atoms with Crippen molar-refractivity contribution in [2.24, 2.45) is 0 Å². The molecule has 0 aliphatic carbocycles. The fourth-order valence-electron chi connectivity index (χ4n) is 1.85. The zero-order chi connectivity index (χ0) is 12.4. The van der Waals surface area contributed by atoms with Gasteiger partial charge in [0.25, 0.3) is 0 Å². The van der Waals surface area contributed by atoms with Gasteiger partial charge in [0.05, 0.1) is 11.0 Å². The normalized spacial score (nSPS) is 21.6. The lowest BCUT2D eigenvalue weighted by Crippen LogP contribution is -2.54. The summed E-state index contributed by atoms with van der Waals surface area (Å²) in [6.07, 6.45) is 0. The van der Waals surface area contributed by atoms with Crippen molar-refractivity contribution in [3.63, 3.8) is 0 Å². The first-order valence-corrected chi connectivity index (χ1v) is 6.78. The minimum Gasteiger partial charge on any atom is -0.480 e. The van der Waals surface area contributed by atoms with Gasteiger partial charge in [0.2, 0.25) is 0 Å². The number of furan rings is 1. The molecule has 1 unspecified atom stereocenters. The van der Waals surface area contributed by atoms with Crippen molar-refractivity contribution >= 4 is 37.8 Å². The van der Waals surface area contributed by atoms with E-state index in [1.165, 1.54) is 0 Å². The van der Waals surface area contributed by atoms with Gasteiger partial charge in [0.1, 0.15) is 11.8 Å². The SMILES string of the molecule is O=C(O)C1CNCCN1Cc1cc(Br)c(Br)o1. The summed E-state index contributed by atoms with van der Waals surface area (Å²) in [7, 11) is 0. The Bertz CT molecular complexity index is 402. The van der Waals surface area contributed by atoms with Crippen LogP contribution in [0.4, 0.5) is 0 Å². The summed E-state index contributed by atoms with van der Waals surface area (Å²) < 4.78 is 6.94. The maximum Gasteiger partial charge on any atom is 0.322 e. The van der Waals surface area contributed by atoms with Crippen LogP contribution in [0.15, 0.2) is 19.6 Å². The quantitative estimate of drug-likeness (QED) is 0.850. The average molecular weight is 368 g/mol. The zero-order valence-electron chi connectivity index (χ0n) is 8.95. The van der Waals surface area contributed by atoms with Gasteiger partial charge < -0.3 is 14.8 Å². The lowest BCUT2D eigenvalue weighted by atomic mass is 10.2. The number of carbonyl (C=O) groups is 1. The summed E-state index contributed by atoms with van der Waals surface area (Å²) in [5, 5.41) is 12.2. The molecule has 1 aromatic heterocycles. The van der Waals surface area contributed by atoms with Crippen LogP contribution < -0.4 is 5.32 Å². The molecule has 2 N–H and O–H groups in total. The van der Waals surface area contributed by atoms with Crippen molar-refractivity contribution in [1.82, 2.24) is 10.2 Å². The Morgan fingerprint density at radius 3 is 3.00 bits per heavy atom. The van der Waals surface area contributed by atoms with Gasteiger partial charge in [-0.2, -0.15) is 0 Å². The first-order valence-electron chi connectivity index (χ1n) is 5.19. The predicted octanol–water partition coefficient (Wildman–Crippen LogP) is 1.66. The third-order valence-corrected chi connectivity index (χ3v) is 4.40. The van der Waals surface area contributed by atoms with Crippen LogP contribution in [0, 0.1) is 0 Å². The van der Waals surface area contributed by atoms with Crippen LogP contribution in [0.5, 0.6) is 0 Å². The average Bonchev–Trinajstić information content (AvgIpc) is 2.58. The molecule has 1 aromatic rings. The van der Waals surface area contributed by atoms with E-state index in [4.69, 9.17) is 9.52 Å². The lowest BCUT2D eigenvalue weighted by molar-refractivity contribution is -0.144. The van der Waals surface area contributed by atoms with Gasteiger partial charge in [0, 0.05) is 19.6 Å². The smallest absolute Gasteiger partial charge is 0.322 e. The van der Waals surface area contributed by atoms with Crippen molar-refractivity contribution in [2.75, 3.05) is 19.6 Å². The molecule has 1 fully saturated rings. The van der Waals surface area contributed by atoms with Crippen LogP contribution in [0.25, 0.3) is 0 Å². The molecular formula is C10H12Br2N2O3. The number of halogens is 2. The topological polar surface area (TPSA) is 65.7 Å². The highest BCUT2D eigenvalue weighted by molar-refractivity contribution is 9.13. The van der Waals surface area contributed by atoms with Crippen molar-refractivity contribution in [1.29, 1.82) is 0 Å². The molecule has 1 atom stereocenters. The zero-order valence-corrected chi connectivity index (χ0v) is 12.1. The van der Waals surface area contributed by atoms with E-state index in [0.717, 1.165) is 16.8 Å². The second-order valence-electron chi connectivity index (χ2n) is 3.86. The van der Waals surface area contributed by atoms with Gasteiger partial charge >= 0.3 is 5.97 Å². The van der Waals surface area contributed by atoms with E-state index >= 15 is 0 Å². The molecule has 1 aliphatic heterocycles. The highest BCUT2D eigenvalue weighted by atomic mass is 79.9. The molecule has 1 aliphatic rings. The van der Waals surface area contributed by atoms with Crippen LogP contribution in [-0.2, 0) is 11.3 Å². The van der Waals surface area contributed by atoms with Gasteiger partial charge in [-0.15, -0.1) is 0 Å². The number of nitrogens with zero attached hydrogens (tertiary/aromatic N) is 1. The summed E-state index contributed by atoms with van der Waals surface area (Å²) in [6.45, 7) is 2.47. The summed E-state index contributed by atoms with van der Waals surface area (Å²) in [6, 6.07) is 1.36. The van der Waals surface area contributed by atoms with Crippen LogP contribution >= 0.6 is 31.9 Å². The Morgan fingerprint density at radius 1 is 1.65 bits per heavy atom. The molecule has 5 nitrogen and oxygen atoms in total. The summed E-state index contributed by atoms with van der Waals surface area (Å²) >= 11 is 6.60. The number of hydrogen-bond acceptors (Lipinski definition) is 4. The van der Waals surface area contributed by atoms with Crippen molar-refractivity contribution in [3.05, 3.63) is 21.0 Å². The Balaban J connectivity index is 2.07. The van der Waals surface area contributed by atoms with Gasteiger partial charge in [-0.25, -0.2) is 0 Å². The molecule has 1 saturated heterocycles.